The lowest BCUT2D eigenvalue weighted by Gasteiger charge is -2.19. The smallest absolute Gasteiger partial charge is 0.137 e. The van der Waals surface area contributed by atoms with Crippen molar-refractivity contribution >= 4 is 15.9 Å². The van der Waals surface area contributed by atoms with Gasteiger partial charge in [0.25, 0.3) is 0 Å². The average molecular weight is 340 g/mol. The fourth-order valence-corrected chi connectivity index (χ4v) is 2.72. The van der Waals surface area contributed by atoms with Crippen molar-refractivity contribution in [3.05, 3.63) is 57.2 Å². The molecule has 0 saturated carbocycles. The van der Waals surface area contributed by atoms with Crippen molar-refractivity contribution in [2.24, 2.45) is 0 Å². The van der Waals surface area contributed by atoms with Gasteiger partial charge in [0, 0.05) is 5.56 Å². The molecule has 0 aliphatic rings. The van der Waals surface area contributed by atoms with E-state index in [1.807, 2.05) is 32.0 Å². The molecule has 0 aliphatic carbocycles. The molecule has 1 aromatic heterocycles. The predicted molar refractivity (Wildman–Crippen MR) is 82.4 cm³/mol. The standard InChI is InChI=1S/C16H19BrFNO/c1-4-7-19-16(13-8-10(2)20-11(13)3)12-5-6-15(18)14(17)9-12/h5-6,8-9,16,19H,4,7H2,1-3H3. The minimum absolute atomic E-state index is 0.0179. The molecule has 0 aliphatic heterocycles. The van der Waals surface area contributed by atoms with E-state index in [4.69, 9.17) is 4.42 Å². The number of aryl methyl sites for hydroxylation is 2. The van der Waals surface area contributed by atoms with Crippen molar-refractivity contribution in [3.8, 4) is 0 Å². The Hall–Kier alpha value is -1.13. The first-order chi connectivity index (χ1) is 9.52. The van der Waals surface area contributed by atoms with Gasteiger partial charge < -0.3 is 9.73 Å². The number of nitrogens with one attached hydrogen (secondary N) is 1. The molecule has 0 bridgehead atoms. The lowest BCUT2D eigenvalue weighted by atomic mass is 9.98. The second kappa shape index (κ2) is 6.55. The van der Waals surface area contributed by atoms with Gasteiger partial charge in [0.05, 0.1) is 10.5 Å². The van der Waals surface area contributed by atoms with Gasteiger partial charge in [-0.1, -0.05) is 13.0 Å². The van der Waals surface area contributed by atoms with Gasteiger partial charge in [0.2, 0.25) is 0 Å². The van der Waals surface area contributed by atoms with Gasteiger partial charge in [-0.25, -0.2) is 4.39 Å². The third kappa shape index (κ3) is 3.30. The van der Waals surface area contributed by atoms with Gasteiger partial charge in [0.15, 0.2) is 0 Å². The second-order valence-corrected chi connectivity index (χ2v) is 5.78. The zero-order valence-electron chi connectivity index (χ0n) is 12.0. The number of benzene rings is 1. The predicted octanol–water partition coefficient (Wildman–Crippen LogP) is 4.89. The summed E-state index contributed by atoms with van der Waals surface area (Å²) in [5.74, 6) is 1.54. The van der Waals surface area contributed by atoms with Crippen LogP contribution in [0.5, 0.6) is 0 Å². The number of hydrogen-bond acceptors (Lipinski definition) is 2. The normalized spacial score (nSPS) is 12.7. The van der Waals surface area contributed by atoms with Crippen molar-refractivity contribution < 1.29 is 8.81 Å². The van der Waals surface area contributed by atoms with Crippen LogP contribution in [0.15, 0.2) is 33.2 Å². The summed E-state index contributed by atoms with van der Waals surface area (Å²) in [6.45, 7) is 6.91. The Morgan fingerprint density at radius 1 is 1.30 bits per heavy atom. The van der Waals surface area contributed by atoms with E-state index >= 15 is 0 Å². The Morgan fingerprint density at radius 2 is 2.05 bits per heavy atom. The maximum atomic E-state index is 13.4. The summed E-state index contributed by atoms with van der Waals surface area (Å²) in [5, 5.41) is 3.50. The monoisotopic (exact) mass is 339 g/mol. The molecular weight excluding hydrogens is 321 g/mol. The van der Waals surface area contributed by atoms with Crippen molar-refractivity contribution in [1.82, 2.24) is 5.32 Å². The number of rotatable bonds is 5. The molecule has 1 atom stereocenters. The molecule has 2 rings (SSSR count). The van der Waals surface area contributed by atoms with E-state index in [0.717, 1.165) is 35.6 Å². The van der Waals surface area contributed by atoms with Crippen LogP contribution < -0.4 is 5.32 Å². The zero-order valence-corrected chi connectivity index (χ0v) is 13.6. The van der Waals surface area contributed by atoms with E-state index < -0.39 is 0 Å². The largest absolute Gasteiger partial charge is 0.466 e. The van der Waals surface area contributed by atoms with Crippen LogP contribution in [0.2, 0.25) is 0 Å². The number of halogens is 2. The van der Waals surface area contributed by atoms with Gasteiger partial charge in [-0.15, -0.1) is 0 Å². The summed E-state index contributed by atoms with van der Waals surface area (Å²) in [6, 6.07) is 7.19. The van der Waals surface area contributed by atoms with Gasteiger partial charge in [-0.3, -0.25) is 0 Å². The summed E-state index contributed by atoms with van der Waals surface area (Å²) < 4.78 is 19.5. The third-order valence-corrected chi connectivity index (χ3v) is 3.87. The topological polar surface area (TPSA) is 25.2 Å². The minimum Gasteiger partial charge on any atom is -0.466 e. The number of furan rings is 1. The molecule has 20 heavy (non-hydrogen) atoms. The molecule has 2 nitrogen and oxygen atoms in total. The molecule has 4 heteroatoms. The summed E-state index contributed by atoms with van der Waals surface area (Å²) in [5.41, 5.74) is 2.13. The molecule has 1 N–H and O–H groups in total. The summed E-state index contributed by atoms with van der Waals surface area (Å²) in [7, 11) is 0. The Balaban J connectivity index is 2.41. The first-order valence-electron chi connectivity index (χ1n) is 6.78. The lowest BCUT2D eigenvalue weighted by Crippen LogP contribution is -2.23. The first kappa shape index (κ1) is 15.3. The molecule has 0 saturated heterocycles. The summed E-state index contributed by atoms with van der Waals surface area (Å²) in [4.78, 5) is 0. The van der Waals surface area contributed by atoms with Crippen LogP contribution in [-0.2, 0) is 0 Å². The molecule has 0 radical (unpaired) electrons. The average Bonchev–Trinajstić information content (AvgIpc) is 2.73. The van der Waals surface area contributed by atoms with Crippen LogP contribution in [0.1, 0.15) is 42.0 Å². The van der Waals surface area contributed by atoms with Crippen LogP contribution >= 0.6 is 15.9 Å². The highest BCUT2D eigenvalue weighted by molar-refractivity contribution is 9.10. The molecule has 1 unspecified atom stereocenters. The van der Waals surface area contributed by atoms with Crippen molar-refractivity contribution in [3.63, 3.8) is 0 Å². The quantitative estimate of drug-likeness (QED) is 0.839. The molecule has 1 heterocycles. The van der Waals surface area contributed by atoms with Gasteiger partial charge in [-0.05, 0) is 66.5 Å². The molecule has 0 fully saturated rings. The molecule has 0 amide bonds. The second-order valence-electron chi connectivity index (χ2n) is 4.93. The number of hydrogen-bond donors (Lipinski definition) is 1. The van der Waals surface area contributed by atoms with Crippen LogP contribution in [0.3, 0.4) is 0 Å². The van der Waals surface area contributed by atoms with E-state index in [9.17, 15) is 4.39 Å². The highest BCUT2D eigenvalue weighted by atomic mass is 79.9. The first-order valence-corrected chi connectivity index (χ1v) is 7.57. The van der Waals surface area contributed by atoms with Gasteiger partial charge >= 0.3 is 0 Å². The zero-order chi connectivity index (χ0) is 14.7. The van der Waals surface area contributed by atoms with E-state index in [1.165, 1.54) is 6.07 Å². The van der Waals surface area contributed by atoms with Crippen LogP contribution in [0.4, 0.5) is 4.39 Å². The maximum Gasteiger partial charge on any atom is 0.137 e. The van der Waals surface area contributed by atoms with E-state index in [-0.39, 0.29) is 11.9 Å². The van der Waals surface area contributed by atoms with Crippen molar-refractivity contribution in [1.29, 1.82) is 0 Å². The lowest BCUT2D eigenvalue weighted by molar-refractivity contribution is 0.493. The molecule has 1 aromatic carbocycles. The summed E-state index contributed by atoms with van der Waals surface area (Å²) in [6.07, 6.45) is 1.04. The Bertz CT molecular complexity index is 594. The molecule has 2 aromatic rings. The maximum absolute atomic E-state index is 13.4. The van der Waals surface area contributed by atoms with E-state index in [2.05, 4.69) is 28.2 Å². The van der Waals surface area contributed by atoms with Crippen LogP contribution in [0.25, 0.3) is 0 Å². The SMILES string of the molecule is CCCNC(c1ccc(F)c(Br)c1)c1cc(C)oc1C. The van der Waals surface area contributed by atoms with E-state index in [1.54, 1.807) is 0 Å². The van der Waals surface area contributed by atoms with Crippen molar-refractivity contribution in [2.45, 2.75) is 33.2 Å². The third-order valence-electron chi connectivity index (χ3n) is 3.27. The van der Waals surface area contributed by atoms with Crippen LogP contribution in [0, 0.1) is 19.7 Å². The Kier molecular flexibility index (Phi) is 5.00. The molecule has 0 spiro atoms. The van der Waals surface area contributed by atoms with E-state index in [0.29, 0.717) is 4.47 Å². The fraction of sp³-hybridized carbons (Fsp3) is 0.375. The summed E-state index contributed by atoms with van der Waals surface area (Å²) >= 11 is 3.25. The molecule has 108 valence electrons. The molecular formula is C16H19BrFNO. The fourth-order valence-electron chi connectivity index (χ4n) is 2.33. The highest BCUT2D eigenvalue weighted by Crippen LogP contribution is 2.29. The Labute approximate surface area is 127 Å². The van der Waals surface area contributed by atoms with Crippen molar-refractivity contribution in [2.75, 3.05) is 6.54 Å². The van der Waals surface area contributed by atoms with Gasteiger partial charge in [0.1, 0.15) is 17.3 Å². The van der Waals surface area contributed by atoms with Crippen LogP contribution in [-0.4, -0.2) is 6.54 Å². The van der Waals surface area contributed by atoms with Gasteiger partial charge in [-0.2, -0.15) is 0 Å². The highest BCUT2D eigenvalue weighted by Gasteiger charge is 2.19. The Morgan fingerprint density at radius 3 is 2.60 bits per heavy atom. The minimum atomic E-state index is -0.247.